The molecule has 0 aromatic rings. The second kappa shape index (κ2) is 6.86. The van der Waals surface area contributed by atoms with Crippen LogP contribution >= 0.6 is 0 Å². The van der Waals surface area contributed by atoms with E-state index in [-0.39, 0.29) is 11.8 Å². The van der Waals surface area contributed by atoms with E-state index in [2.05, 4.69) is 15.5 Å². The fraction of sp³-hybridized carbons (Fsp3) is 0.846. The van der Waals surface area contributed by atoms with E-state index in [1.807, 2.05) is 13.8 Å². The largest absolute Gasteiger partial charge is 0.354 e. The van der Waals surface area contributed by atoms with Crippen LogP contribution in [-0.2, 0) is 9.59 Å². The van der Waals surface area contributed by atoms with Crippen molar-refractivity contribution in [1.29, 1.82) is 0 Å². The lowest BCUT2D eigenvalue weighted by atomic mass is 10.0. The Bertz CT molecular complexity index is 323. The second-order valence-electron chi connectivity index (χ2n) is 5.59. The molecular formula is C13H26N4O2. The third kappa shape index (κ3) is 4.47. The summed E-state index contributed by atoms with van der Waals surface area (Å²) in [4.78, 5) is 27.4. The Labute approximate surface area is 115 Å². The van der Waals surface area contributed by atoms with Crippen LogP contribution in [0.3, 0.4) is 0 Å². The maximum Gasteiger partial charge on any atom is 0.239 e. The predicted octanol–water partition coefficient (Wildman–Crippen LogP) is -0.735. The van der Waals surface area contributed by atoms with Crippen molar-refractivity contribution in [2.24, 2.45) is 0 Å². The Morgan fingerprint density at radius 2 is 1.84 bits per heavy atom. The quantitative estimate of drug-likeness (QED) is 0.691. The summed E-state index contributed by atoms with van der Waals surface area (Å²) < 4.78 is 0. The number of nitrogens with one attached hydrogen (secondary N) is 2. The normalized spacial score (nSPS) is 17.1. The monoisotopic (exact) mass is 270 g/mol. The lowest BCUT2D eigenvalue weighted by Gasteiger charge is -2.39. The summed E-state index contributed by atoms with van der Waals surface area (Å²) in [5.74, 6) is 0.0150. The molecule has 0 unspecified atom stereocenters. The minimum Gasteiger partial charge on any atom is -0.354 e. The maximum absolute atomic E-state index is 12.2. The molecule has 0 radical (unpaired) electrons. The van der Waals surface area contributed by atoms with Crippen molar-refractivity contribution in [3.05, 3.63) is 0 Å². The molecule has 6 heteroatoms. The molecule has 1 aliphatic heterocycles. The lowest BCUT2D eigenvalue weighted by molar-refractivity contribution is -0.132. The van der Waals surface area contributed by atoms with E-state index in [0.29, 0.717) is 13.0 Å². The first-order valence-electron chi connectivity index (χ1n) is 6.80. The zero-order valence-corrected chi connectivity index (χ0v) is 12.5. The van der Waals surface area contributed by atoms with E-state index in [9.17, 15) is 9.59 Å². The molecular weight excluding hydrogens is 244 g/mol. The van der Waals surface area contributed by atoms with Crippen LogP contribution in [0.1, 0.15) is 20.3 Å². The number of hydrogen-bond acceptors (Lipinski definition) is 4. The second-order valence-corrected chi connectivity index (χ2v) is 5.59. The average Bonchev–Trinajstić information content (AvgIpc) is 2.39. The standard InChI is InChI=1S/C13H26N4O2/c1-13(2,17-9-7-14-8-10-17)12(19)15-6-5-11(18)16(3)4/h14H,5-10H2,1-4H3,(H,15,19). The number of piperazine rings is 1. The highest BCUT2D eigenvalue weighted by molar-refractivity contribution is 5.86. The van der Waals surface area contributed by atoms with Gasteiger partial charge in [0.05, 0.1) is 5.54 Å². The van der Waals surface area contributed by atoms with E-state index in [4.69, 9.17) is 0 Å². The van der Waals surface area contributed by atoms with Gasteiger partial charge in [-0.15, -0.1) is 0 Å². The number of nitrogens with zero attached hydrogens (tertiary/aromatic N) is 2. The van der Waals surface area contributed by atoms with E-state index < -0.39 is 5.54 Å². The number of carbonyl (C=O) groups is 2. The summed E-state index contributed by atoms with van der Waals surface area (Å²) in [6.07, 6.45) is 0.344. The van der Waals surface area contributed by atoms with Gasteiger partial charge in [0.15, 0.2) is 0 Å². The van der Waals surface area contributed by atoms with Gasteiger partial charge in [-0.1, -0.05) is 0 Å². The molecule has 1 rings (SSSR count). The van der Waals surface area contributed by atoms with Gasteiger partial charge in [0, 0.05) is 53.2 Å². The minimum absolute atomic E-state index is 0.0130. The summed E-state index contributed by atoms with van der Waals surface area (Å²) in [6, 6.07) is 0. The summed E-state index contributed by atoms with van der Waals surface area (Å²) in [5.41, 5.74) is -0.525. The number of carbonyl (C=O) groups excluding carboxylic acids is 2. The third-order valence-corrected chi connectivity index (χ3v) is 3.59. The zero-order chi connectivity index (χ0) is 14.5. The van der Waals surface area contributed by atoms with Crippen LogP contribution in [0, 0.1) is 0 Å². The highest BCUT2D eigenvalue weighted by atomic mass is 16.2. The van der Waals surface area contributed by atoms with Gasteiger partial charge in [-0.25, -0.2) is 0 Å². The molecule has 0 saturated carbocycles. The van der Waals surface area contributed by atoms with E-state index in [1.54, 1.807) is 14.1 Å². The highest BCUT2D eigenvalue weighted by Gasteiger charge is 2.34. The molecule has 0 spiro atoms. The first-order chi connectivity index (χ1) is 8.85. The van der Waals surface area contributed by atoms with Crippen LogP contribution in [0.15, 0.2) is 0 Å². The van der Waals surface area contributed by atoms with Crippen molar-refractivity contribution in [1.82, 2.24) is 20.4 Å². The van der Waals surface area contributed by atoms with Gasteiger partial charge in [-0.2, -0.15) is 0 Å². The maximum atomic E-state index is 12.2. The Kier molecular flexibility index (Phi) is 5.75. The SMILES string of the molecule is CN(C)C(=O)CCNC(=O)C(C)(C)N1CCNCC1. The molecule has 19 heavy (non-hydrogen) atoms. The van der Waals surface area contributed by atoms with Crippen LogP contribution in [0.25, 0.3) is 0 Å². The smallest absolute Gasteiger partial charge is 0.239 e. The molecule has 0 aromatic heterocycles. The fourth-order valence-electron chi connectivity index (χ4n) is 2.09. The molecule has 6 nitrogen and oxygen atoms in total. The molecule has 2 amide bonds. The zero-order valence-electron chi connectivity index (χ0n) is 12.5. The van der Waals surface area contributed by atoms with Crippen molar-refractivity contribution in [3.63, 3.8) is 0 Å². The van der Waals surface area contributed by atoms with Crippen molar-refractivity contribution in [2.75, 3.05) is 46.8 Å². The molecule has 0 bridgehead atoms. The topological polar surface area (TPSA) is 64.7 Å². The number of hydrogen-bond donors (Lipinski definition) is 2. The molecule has 0 aromatic carbocycles. The van der Waals surface area contributed by atoms with Gasteiger partial charge in [0.1, 0.15) is 0 Å². The van der Waals surface area contributed by atoms with Crippen molar-refractivity contribution >= 4 is 11.8 Å². The van der Waals surface area contributed by atoms with Crippen molar-refractivity contribution in [2.45, 2.75) is 25.8 Å². The van der Waals surface area contributed by atoms with Crippen molar-refractivity contribution in [3.8, 4) is 0 Å². The Morgan fingerprint density at radius 1 is 1.26 bits per heavy atom. The summed E-state index contributed by atoms with van der Waals surface area (Å²) in [5, 5.41) is 6.13. The number of amides is 2. The van der Waals surface area contributed by atoms with Gasteiger partial charge in [0.2, 0.25) is 11.8 Å². The van der Waals surface area contributed by atoms with Gasteiger partial charge in [0.25, 0.3) is 0 Å². The van der Waals surface area contributed by atoms with E-state index >= 15 is 0 Å². The van der Waals surface area contributed by atoms with Crippen LogP contribution in [0.5, 0.6) is 0 Å². The molecule has 1 saturated heterocycles. The number of rotatable bonds is 5. The Morgan fingerprint density at radius 3 is 2.37 bits per heavy atom. The molecule has 2 N–H and O–H groups in total. The van der Waals surface area contributed by atoms with Crippen LogP contribution < -0.4 is 10.6 Å². The first kappa shape index (κ1) is 15.9. The molecule has 0 atom stereocenters. The highest BCUT2D eigenvalue weighted by Crippen LogP contribution is 2.15. The molecule has 1 fully saturated rings. The van der Waals surface area contributed by atoms with Gasteiger partial charge < -0.3 is 15.5 Å². The molecule has 110 valence electrons. The van der Waals surface area contributed by atoms with E-state index in [0.717, 1.165) is 26.2 Å². The van der Waals surface area contributed by atoms with Crippen LogP contribution in [0.2, 0.25) is 0 Å². The Balaban J connectivity index is 2.40. The molecule has 1 heterocycles. The minimum atomic E-state index is -0.525. The summed E-state index contributed by atoms with van der Waals surface area (Å²) in [6.45, 7) is 7.83. The first-order valence-corrected chi connectivity index (χ1v) is 6.80. The average molecular weight is 270 g/mol. The molecule has 0 aliphatic carbocycles. The molecule has 1 aliphatic rings. The van der Waals surface area contributed by atoms with Gasteiger partial charge in [-0.3, -0.25) is 14.5 Å². The Hall–Kier alpha value is -1.14. The third-order valence-electron chi connectivity index (χ3n) is 3.59. The predicted molar refractivity (Wildman–Crippen MR) is 74.8 cm³/mol. The van der Waals surface area contributed by atoms with Crippen LogP contribution in [0.4, 0.5) is 0 Å². The van der Waals surface area contributed by atoms with Crippen LogP contribution in [-0.4, -0.2) is 74.0 Å². The lowest BCUT2D eigenvalue weighted by Crippen LogP contribution is -2.60. The van der Waals surface area contributed by atoms with Gasteiger partial charge in [-0.05, 0) is 13.8 Å². The van der Waals surface area contributed by atoms with Gasteiger partial charge >= 0.3 is 0 Å². The van der Waals surface area contributed by atoms with E-state index in [1.165, 1.54) is 4.90 Å². The summed E-state index contributed by atoms with van der Waals surface area (Å²) in [7, 11) is 3.43. The summed E-state index contributed by atoms with van der Waals surface area (Å²) >= 11 is 0. The fourth-order valence-corrected chi connectivity index (χ4v) is 2.09. The van der Waals surface area contributed by atoms with Crippen molar-refractivity contribution < 1.29 is 9.59 Å².